The molecule has 2 heterocycles. The summed E-state index contributed by atoms with van der Waals surface area (Å²) in [6, 6.07) is 0.759. The van der Waals surface area contributed by atoms with Crippen molar-refractivity contribution in [2.45, 2.75) is 12.5 Å². The van der Waals surface area contributed by atoms with Gasteiger partial charge in [0.1, 0.15) is 6.04 Å². The third-order valence-electron chi connectivity index (χ3n) is 3.13. The van der Waals surface area contributed by atoms with Crippen molar-refractivity contribution in [3.63, 3.8) is 0 Å². The smallest absolute Gasteiger partial charge is 0.308 e. The molecule has 21 heavy (non-hydrogen) atoms. The topological polar surface area (TPSA) is 88.6 Å². The fraction of sp³-hybridized carbons (Fsp3) is 0.385. The molecule has 1 aliphatic heterocycles. The number of piperazine rings is 1. The number of carbonyl (C=O) groups excluding carboxylic acids is 3. The van der Waals surface area contributed by atoms with Crippen LogP contribution in [0.2, 0.25) is 0 Å². The van der Waals surface area contributed by atoms with Crippen molar-refractivity contribution in [3.05, 3.63) is 28.5 Å². The maximum absolute atomic E-state index is 12.5. The number of carbonyl (C=O) groups is 3. The molecule has 0 spiro atoms. The van der Waals surface area contributed by atoms with Gasteiger partial charge in [0, 0.05) is 30.0 Å². The Morgan fingerprint density at radius 3 is 2.95 bits per heavy atom. The number of amides is 2. The number of halogens is 1. The molecule has 2 rings (SSSR count). The van der Waals surface area contributed by atoms with Crippen LogP contribution in [0.4, 0.5) is 0 Å². The summed E-state index contributed by atoms with van der Waals surface area (Å²) >= 11 is 3.25. The van der Waals surface area contributed by atoms with Crippen molar-refractivity contribution in [2.75, 3.05) is 20.2 Å². The lowest BCUT2D eigenvalue weighted by Crippen LogP contribution is -2.57. The van der Waals surface area contributed by atoms with E-state index >= 15 is 0 Å². The Morgan fingerprint density at radius 2 is 2.29 bits per heavy atom. The lowest BCUT2D eigenvalue weighted by atomic mass is 10.1. The van der Waals surface area contributed by atoms with Crippen molar-refractivity contribution in [3.8, 4) is 0 Å². The number of rotatable bonds is 3. The highest BCUT2D eigenvalue weighted by Gasteiger charge is 2.35. The van der Waals surface area contributed by atoms with E-state index in [-0.39, 0.29) is 18.2 Å². The van der Waals surface area contributed by atoms with E-state index in [9.17, 15) is 14.4 Å². The van der Waals surface area contributed by atoms with Crippen molar-refractivity contribution in [1.29, 1.82) is 0 Å². The fourth-order valence-corrected chi connectivity index (χ4v) is 2.46. The molecule has 1 saturated heterocycles. The minimum absolute atomic E-state index is 0.171. The molecule has 0 bridgehead atoms. The minimum atomic E-state index is -0.863. The number of nitrogens with zero attached hydrogens (tertiary/aromatic N) is 2. The second-order valence-electron chi connectivity index (χ2n) is 4.48. The molecule has 112 valence electrons. The summed E-state index contributed by atoms with van der Waals surface area (Å²) in [5.74, 6) is -1.24. The molecule has 8 heteroatoms. The van der Waals surface area contributed by atoms with E-state index in [0.29, 0.717) is 23.1 Å². The Labute approximate surface area is 129 Å². The predicted molar refractivity (Wildman–Crippen MR) is 76.4 cm³/mol. The molecule has 7 nitrogen and oxygen atoms in total. The number of hydrogen-bond donors (Lipinski definition) is 1. The van der Waals surface area contributed by atoms with Crippen LogP contribution in [0.15, 0.2) is 22.9 Å². The Bertz CT molecular complexity index is 578. The molecule has 1 N–H and O–H groups in total. The molecular formula is C13H14BrN3O4. The SMILES string of the molecule is COC(=O)CC1C(=O)NCCN1C(=O)c1cncc(Br)c1. The zero-order valence-corrected chi connectivity index (χ0v) is 12.9. The van der Waals surface area contributed by atoms with E-state index in [0.717, 1.165) is 0 Å². The first-order chi connectivity index (χ1) is 10.0. The molecule has 1 aliphatic rings. The second-order valence-corrected chi connectivity index (χ2v) is 5.39. The van der Waals surface area contributed by atoms with E-state index in [1.807, 2.05) is 0 Å². The molecule has 2 amide bonds. The molecule has 1 atom stereocenters. The molecule has 1 aromatic heterocycles. The lowest BCUT2D eigenvalue weighted by molar-refractivity contribution is -0.145. The van der Waals surface area contributed by atoms with Crippen LogP contribution < -0.4 is 5.32 Å². The van der Waals surface area contributed by atoms with Gasteiger partial charge in [-0.05, 0) is 22.0 Å². The van der Waals surface area contributed by atoms with Gasteiger partial charge in [0.25, 0.3) is 5.91 Å². The summed E-state index contributed by atoms with van der Waals surface area (Å²) in [4.78, 5) is 41.2. The number of hydrogen-bond acceptors (Lipinski definition) is 5. The van der Waals surface area contributed by atoms with Gasteiger partial charge < -0.3 is 15.0 Å². The standard InChI is InChI=1S/C13H14BrN3O4/c1-21-11(18)5-10-12(19)16-2-3-17(10)13(20)8-4-9(14)7-15-6-8/h4,6-7,10H,2-3,5H2,1H3,(H,16,19). The van der Waals surface area contributed by atoms with E-state index in [2.05, 4.69) is 31.0 Å². The number of esters is 1. The highest BCUT2D eigenvalue weighted by Crippen LogP contribution is 2.16. The number of ether oxygens (including phenoxy) is 1. The van der Waals surface area contributed by atoms with Gasteiger partial charge in [-0.15, -0.1) is 0 Å². The first-order valence-corrected chi connectivity index (χ1v) is 7.08. The van der Waals surface area contributed by atoms with Crippen LogP contribution in [0.3, 0.4) is 0 Å². The Morgan fingerprint density at radius 1 is 1.52 bits per heavy atom. The van der Waals surface area contributed by atoms with Crippen LogP contribution in [0, 0.1) is 0 Å². The Kier molecular flexibility index (Phi) is 4.89. The lowest BCUT2D eigenvalue weighted by Gasteiger charge is -2.34. The zero-order valence-electron chi connectivity index (χ0n) is 11.3. The Hall–Kier alpha value is -1.96. The van der Waals surface area contributed by atoms with Gasteiger partial charge in [0.2, 0.25) is 5.91 Å². The van der Waals surface area contributed by atoms with Crippen LogP contribution >= 0.6 is 15.9 Å². The summed E-state index contributed by atoms with van der Waals surface area (Å²) in [6.07, 6.45) is 2.82. The maximum atomic E-state index is 12.5. The molecule has 1 aromatic rings. The highest BCUT2D eigenvalue weighted by atomic mass is 79.9. The second kappa shape index (κ2) is 6.66. The van der Waals surface area contributed by atoms with Crippen molar-refractivity contribution in [1.82, 2.24) is 15.2 Å². The molecular weight excluding hydrogens is 342 g/mol. The summed E-state index contributed by atoms with van der Waals surface area (Å²) in [7, 11) is 1.24. The molecule has 0 aliphatic carbocycles. The van der Waals surface area contributed by atoms with Crippen LogP contribution in [-0.4, -0.2) is 53.9 Å². The van der Waals surface area contributed by atoms with Gasteiger partial charge >= 0.3 is 5.97 Å². The molecule has 1 unspecified atom stereocenters. The van der Waals surface area contributed by atoms with Gasteiger partial charge in [-0.1, -0.05) is 0 Å². The third-order valence-corrected chi connectivity index (χ3v) is 3.56. The average molecular weight is 356 g/mol. The fourth-order valence-electron chi connectivity index (χ4n) is 2.10. The first-order valence-electron chi connectivity index (χ1n) is 6.29. The van der Waals surface area contributed by atoms with Gasteiger partial charge in [-0.2, -0.15) is 0 Å². The van der Waals surface area contributed by atoms with Gasteiger partial charge in [-0.3, -0.25) is 19.4 Å². The quantitative estimate of drug-likeness (QED) is 0.790. The molecule has 0 aromatic carbocycles. The number of pyridine rings is 1. The van der Waals surface area contributed by atoms with Crippen molar-refractivity contribution in [2.24, 2.45) is 0 Å². The van der Waals surface area contributed by atoms with Crippen LogP contribution in [0.25, 0.3) is 0 Å². The van der Waals surface area contributed by atoms with Crippen molar-refractivity contribution < 1.29 is 19.1 Å². The molecule has 1 fully saturated rings. The zero-order chi connectivity index (χ0) is 15.4. The number of methoxy groups -OCH3 is 1. The first kappa shape index (κ1) is 15.4. The summed E-state index contributed by atoms with van der Waals surface area (Å²) < 4.78 is 5.24. The Balaban J connectivity index is 2.23. The largest absolute Gasteiger partial charge is 0.469 e. The van der Waals surface area contributed by atoms with Gasteiger partial charge in [-0.25, -0.2) is 0 Å². The van der Waals surface area contributed by atoms with E-state index in [1.54, 1.807) is 12.3 Å². The van der Waals surface area contributed by atoms with Crippen molar-refractivity contribution >= 4 is 33.7 Å². The van der Waals surface area contributed by atoms with E-state index < -0.39 is 12.0 Å². The van der Waals surface area contributed by atoms with Gasteiger partial charge in [0.15, 0.2) is 0 Å². The summed E-state index contributed by atoms with van der Waals surface area (Å²) in [5.41, 5.74) is 0.356. The van der Waals surface area contributed by atoms with Crippen LogP contribution in [0.5, 0.6) is 0 Å². The van der Waals surface area contributed by atoms with Crippen LogP contribution in [0.1, 0.15) is 16.8 Å². The molecule has 0 saturated carbocycles. The number of aromatic nitrogens is 1. The summed E-state index contributed by atoms with van der Waals surface area (Å²) in [6.45, 7) is 0.683. The average Bonchev–Trinajstić information content (AvgIpc) is 2.48. The highest BCUT2D eigenvalue weighted by molar-refractivity contribution is 9.10. The van der Waals surface area contributed by atoms with Crippen LogP contribution in [-0.2, 0) is 14.3 Å². The summed E-state index contributed by atoms with van der Waals surface area (Å²) in [5, 5.41) is 2.64. The third kappa shape index (κ3) is 3.57. The molecule has 0 radical (unpaired) electrons. The van der Waals surface area contributed by atoms with E-state index in [1.165, 1.54) is 18.2 Å². The van der Waals surface area contributed by atoms with Gasteiger partial charge in [0.05, 0.1) is 19.1 Å². The predicted octanol–water partition coefficient (Wildman–Crippen LogP) is 0.348. The number of nitrogens with one attached hydrogen (secondary N) is 1. The van der Waals surface area contributed by atoms with E-state index in [4.69, 9.17) is 0 Å². The monoisotopic (exact) mass is 355 g/mol. The maximum Gasteiger partial charge on any atom is 0.308 e. The normalized spacial score (nSPS) is 18.1. The minimum Gasteiger partial charge on any atom is -0.469 e.